The number of rotatable bonds is 4. The lowest BCUT2D eigenvalue weighted by molar-refractivity contribution is 0.192. The number of nitrogens with zero attached hydrogens (tertiary/aromatic N) is 2. The van der Waals surface area contributed by atoms with Crippen molar-refractivity contribution in [3.8, 4) is 11.5 Å². The van der Waals surface area contributed by atoms with Gasteiger partial charge in [-0.05, 0) is 66.4 Å². The number of aromatic nitrogens is 1. The molecule has 1 unspecified atom stereocenters. The van der Waals surface area contributed by atoms with Gasteiger partial charge < -0.3 is 4.74 Å². The van der Waals surface area contributed by atoms with E-state index >= 15 is 0 Å². The highest BCUT2D eigenvalue weighted by Gasteiger charge is 2.22. The highest BCUT2D eigenvalue weighted by atomic mass is 32.1. The Morgan fingerprint density at radius 3 is 2.75 bits per heavy atom. The first kappa shape index (κ1) is 17.4. The number of hydrogen-bond donors (Lipinski definition) is 0. The number of thiazole rings is 1. The van der Waals surface area contributed by atoms with Gasteiger partial charge >= 0.3 is 0 Å². The molecule has 4 heteroatoms. The minimum atomic E-state index is 0.359. The van der Waals surface area contributed by atoms with E-state index in [9.17, 15) is 0 Å². The van der Waals surface area contributed by atoms with Crippen LogP contribution in [0.25, 0.3) is 10.2 Å². The normalized spacial score (nSPS) is 15.3. The fourth-order valence-corrected chi connectivity index (χ4v) is 4.58. The topological polar surface area (TPSA) is 25.4 Å². The van der Waals surface area contributed by atoms with E-state index in [1.54, 1.807) is 11.3 Å². The second kappa shape index (κ2) is 7.38. The van der Waals surface area contributed by atoms with E-state index in [0.29, 0.717) is 6.04 Å². The molecule has 3 nitrogen and oxygen atoms in total. The largest absolute Gasteiger partial charge is 0.457 e. The number of fused-ring (bicyclic) bond motifs is 2. The first-order chi connectivity index (χ1) is 13.8. The molecular formula is C24H22N2OS. The van der Waals surface area contributed by atoms with Crippen LogP contribution in [0.1, 0.15) is 29.7 Å². The Hall–Kier alpha value is -2.69. The van der Waals surface area contributed by atoms with Crippen LogP contribution in [-0.4, -0.2) is 16.4 Å². The molecule has 140 valence electrons. The molecule has 0 saturated heterocycles. The van der Waals surface area contributed by atoms with E-state index in [1.807, 2.05) is 35.8 Å². The van der Waals surface area contributed by atoms with Crippen LogP contribution in [0, 0.1) is 0 Å². The molecule has 3 aromatic carbocycles. The van der Waals surface area contributed by atoms with Crippen molar-refractivity contribution >= 4 is 21.6 Å². The fraction of sp³-hybridized carbons (Fsp3) is 0.208. The summed E-state index contributed by atoms with van der Waals surface area (Å²) in [4.78, 5) is 7.02. The minimum Gasteiger partial charge on any atom is -0.457 e. The van der Waals surface area contributed by atoms with Crippen molar-refractivity contribution in [1.29, 1.82) is 0 Å². The van der Waals surface area contributed by atoms with E-state index < -0.39 is 0 Å². The van der Waals surface area contributed by atoms with Crippen molar-refractivity contribution in [2.75, 3.05) is 6.54 Å². The second-order valence-electron chi connectivity index (χ2n) is 7.32. The molecule has 0 spiro atoms. The highest BCUT2D eigenvalue weighted by Crippen LogP contribution is 2.32. The molecule has 28 heavy (non-hydrogen) atoms. The summed E-state index contributed by atoms with van der Waals surface area (Å²) < 4.78 is 7.29. The Morgan fingerprint density at radius 2 is 1.86 bits per heavy atom. The maximum absolute atomic E-state index is 6.04. The summed E-state index contributed by atoms with van der Waals surface area (Å²) >= 11 is 1.70. The molecule has 1 aromatic heterocycles. The summed E-state index contributed by atoms with van der Waals surface area (Å²) in [5.74, 6) is 1.78. The lowest BCUT2D eigenvalue weighted by Gasteiger charge is -2.34. The van der Waals surface area contributed by atoms with E-state index in [0.717, 1.165) is 36.5 Å². The molecule has 0 radical (unpaired) electrons. The van der Waals surface area contributed by atoms with E-state index in [-0.39, 0.29) is 0 Å². The molecule has 2 heterocycles. The lowest BCUT2D eigenvalue weighted by Crippen LogP contribution is -2.32. The number of ether oxygens (including phenoxy) is 1. The quantitative estimate of drug-likeness (QED) is 0.417. The van der Waals surface area contributed by atoms with Crippen molar-refractivity contribution < 1.29 is 4.74 Å². The van der Waals surface area contributed by atoms with Crippen LogP contribution >= 0.6 is 11.3 Å². The van der Waals surface area contributed by atoms with Crippen LogP contribution < -0.4 is 4.74 Å². The molecule has 4 aromatic rings. The molecule has 0 fully saturated rings. The van der Waals surface area contributed by atoms with Crippen LogP contribution in [-0.2, 0) is 13.0 Å². The Morgan fingerprint density at radius 1 is 0.964 bits per heavy atom. The Balaban J connectivity index is 1.36. The van der Waals surface area contributed by atoms with Gasteiger partial charge in [0.2, 0.25) is 0 Å². The SMILES string of the molecule is CC(c1ccc2scnc2c1)N1CCc2ccc(Oc3ccccc3)cc2C1. The van der Waals surface area contributed by atoms with Gasteiger partial charge in [0, 0.05) is 19.1 Å². The maximum Gasteiger partial charge on any atom is 0.127 e. The average molecular weight is 387 g/mol. The predicted molar refractivity (Wildman–Crippen MR) is 115 cm³/mol. The summed E-state index contributed by atoms with van der Waals surface area (Å²) in [5.41, 5.74) is 7.15. The van der Waals surface area contributed by atoms with Gasteiger partial charge in [0.25, 0.3) is 0 Å². The van der Waals surface area contributed by atoms with Gasteiger partial charge in [0.15, 0.2) is 0 Å². The standard InChI is InChI=1S/C24H22N2OS/c1-17(19-8-10-24-23(14-19)25-16-28-24)26-12-11-18-7-9-22(13-20(18)15-26)27-21-5-3-2-4-6-21/h2-10,13-14,16-17H,11-12,15H2,1H3. The molecule has 0 amide bonds. The van der Waals surface area contributed by atoms with Crippen molar-refractivity contribution in [2.24, 2.45) is 0 Å². The van der Waals surface area contributed by atoms with Crippen LogP contribution in [0.3, 0.4) is 0 Å². The third-order valence-corrected chi connectivity index (χ3v) is 6.39. The van der Waals surface area contributed by atoms with Gasteiger partial charge in [-0.2, -0.15) is 0 Å². The lowest BCUT2D eigenvalue weighted by atomic mass is 9.96. The van der Waals surface area contributed by atoms with Crippen molar-refractivity contribution in [2.45, 2.75) is 25.9 Å². The molecular weight excluding hydrogens is 364 g/mol. The van der Waals surface area contributed by atoms with Crippen LogP contribution in [0.15, 0.2) is 72.2 Å². The third-order valence-electron chi connectivity index (χ3n) is 5.58. The van der Waals surface area contributed by atoms with Crippen molar-refractivity contribution in [3.05, 3.63) is 88.9 Å². The van der Waals surface area contributed by atoms with Crippen LogP contribution in [0.5, 0.6) is 11.5 Å². The van der Waals surface area contributed by atoms with E-state index in [1.165, 1.54) is 21.4 Å². The summed E-state index contributed by atoms with van der Waals surface area (Å²) in [6, 6.07) is 23.5. The number of hydrogen-bond acceptors (Lipinski definition) is 4. The third kappa shape index (κ3) is 3.41. The molecule has 1 aliphatic rings. The first-order valence-corrected chi connectivity index (χ1v) is 10.6. The van der Waals surface area contributed by atoms with Crippen molar-refractivity contribution in [1.82, 2.24) is 9.88 Å². The van der Waals surface area contributed by atoms with Crippen molar-refractivity contribution in [3.63, 3.8) is 0 Å². The summed E-state index contributed by atoms with van der Waals surface area (Å²) in [7, 11) is 0. The minimum absolute atomic E-state index is 0.359. The van der Waals surface area contributed by atoms with Gasteiger partial charge in [0.1, 0.15) is 11.5 Å². The molecule has 1 atom stereocenters. The fourth-order valence-electron chi connectivity index (χ4n) is 3.92. The molecule has 0 saturated carbocycles. The van der Waals surface area contributed by atoms with Gasteiger partial charge in [-0.1, -0.05) is 30.3 Å². The molecule has 0 bridgehead atoms. The monoisotopic (exact) mass is 386 g/mol. The van der Waals surface area contributed by atoms with E-state index in [2.05, 4.69) is 53.2 Å². The Labute approximate surface area is 169 Å². The maximum atomic E-state index is 6.04. The average Bonchev–Trinajstić information content (AvgIpc) is 3.21. The molecule has 5 rings (SSSR count). The number of para-hydroxylation sites is 1. The summed E-state index contributed by atoms with van der Waals surface area (Å²) in [6.45, 7) is 4.31. The smallest absolute Gasteiger partial charge is 0.127 e. The van der Waals surface area contributed by atoms with Gasteiger partial charge in [-0.3, -0.25) is 4.90 Å². The second-order valence-corrected chi connectivity index (χ2v) is 8.21. The van der Waals surface area contributed by atoms with Gasteiger partial charge in [-0.25, -0.2) is 4.98 Å². The van der Waals surface area contributed by atoms with Gasteiger partial charge in [-0.15, -0.1) is 11.3 Å². The van der Waals surface area contributed by atoms with E-state index in [4.69, 9.17) is 4.74 Å². The Bertz CT molecular complexity index is 1110. The first-order valence-electron chi connectivity index (χ1n) is 9.68. The van der Waals surface area contributed by atoms with Crippen LogP contribution in [0.2, 0.25) is 0 Å². The zero-order chi connectivity index (χ0) is 18.9. The molecule has 0 aliphatic carbocycles. The summed E-state index contributed by atoms with van der Waals surface area (Å²) in [6.07, 6.45) is 1.07. The van der Waals surface area contributed by atoms with Crippen LogP contribution in [0.4, 0.5) is 0 Å². The summed E-state index contributed by atoms with van der Waals surface area (Å²) in [5, 5.41) is 0. The molecule has 0 N–H and O–H groups in total. The number of benzene rings is 3. The van der Waals surface area contributed by atoms with Gasteiger partial charge in [0.05, 0.1) is 15.7 Å². The highest BCUT2D eigenvalue weighted by molar-refractivity contribution is 7.16. The zero-order valence-corrected chi connectivity index (χ0v) is 16.7. The molecule has 1 aliphatic heterocycles. The Kier molecular flexibility index (Phi) is 4.59. The predicted octanol–water partition coefficient (Wildman–Crippen LogP) is 6.21. The zero-order valence-electron chi connectivity index (χ0n) is 15.8.